The summed E-state index contributed by atoms with van der Waals surface area (Å²) < 4.78 is 0. The molecule has 3 heteroatoms. The Labute approximate surface area is 102 Å². The van der Waals surface area contributed by atoms with Crippen molar-refractivity contribution < 1.29 is 4.79 Å². The number of carbonyl (C=O) groups is 1. The summed E-state index contributed by atoms with van der Waals surface area (Å²) in [5.74, 6) is 0.702. The second-order valence-corrected chi connectivity index (χ2v) is 5.32. The first-order valence-electron chi connectivity index (χ1n) is 6.30. The molecular weight excluding hydrogens is 212 g/mol. The van der Waals surface area contributed by atoms with Crippen molar-refractivity contribution in [3.05, 3.63) is 29.8 Å². The Bertz CT molecular complexity index is 415. The lowest BCUT2D eigenvalue weighted by Crippen LogP contribution is -2.43. The maximum absolute atomic E-state index is 10.9. The van der Waals surface area contributed by atoms with Crippen molar-refractivity contribution in [1.29, 1.82) is 0 Å². The van der Waals surface area contributed by atoms with Gasteiger partial charge in [-0.05, 0) is 37.8 Å². The minimum Gasteiger partial charge on any atom is -0.380 e. The van der Waals surface area contributed by atoms with Crippen LogP contribution in [0.15, 0.2) is 24.3 Å². The third-order valence-electron chi connectivity index (χ3n) is 4.06. The molecule has 1 aliphatic carbocycles. The normalized spacial score (nSPS) is 30.6. The van der Waals surface area contributed by atoms with Crippen molar-refractivity contribution in [1.82, 2.24) is 4.90 Å². The Kier molecular flexibility index (Phi) is 2.54. The summed E-state index contributed by atoms with van der Waals surface area (Å²) in [4.78, 5) is 12.9. The molecule has 1 heterocycles. The van der Waals surface area contributed by atoms with Gasteiger partial charge in [-0.3, -0.25) is 4.79 Å². The molecule has 17 heavy (non-hydrogen) atoms. The molecule has 1 aliphatic heterocycles. The van der Waals surface area contributed by atoms with E-state index in [1.165, 1.54) is 24.1 Å². The first kappa shape index (κ1) is 10.6. The first-order chi connectivity index (χ1) is 8.26. The Morgan fingerprint density at radius 1 is 1.29 bits per heavy atom. The van der Waals surface area contributed by atoms with Crippen LogP contribution in [0.5, 0.6) is 0 Å². The monoisotopic (exact) mass is 230 g/mol. The molecule has 3 atom stereocenters. The third-order valence-corrected chi connectivity index (χ3v) is 4.06. The molecule has 0 radical (unpaired) electrons. The lowest BCUT2D eigenvalue weighted by atomic mass is 10.1. The van der Waals surface area contributed by atoms with E-state index in [0.29, 0.717) is 18.0 Å². The number of anilines is 1. The fourth-order valence-electron chi connectivity index (χ4n) is 3.21. The summed E-state index contributed by atoms with van der Waals surface area (Å²) in [6.07, 6.45) is 3.37. The number of nitrogens with zero attached hydrogens (tertiary/aromatic N) is 1. The minimum atomic E-state index is 0.402. The van der Waals surface area contributed by atoms with Crippen molar-refractivity contribution in [3.63, 3.8) is 0 Å². The van der Waals surface area contributed by atoms with Crippen LogP contribution < -0.4 is 5.32 Å². The standard InChI is InChI=1S/C14H18N2O/c1-10-2-4-12(5-3-10)15-13-6-11-7-14(13)16(8-11)9-17/h2-5,9,11,13-15H,6-8H2,1H3/t11-,13+,14-/m0/s1. The molecule has 1 N–H and O–H groups in total. The Balaban J connectivity index is 1.70. The number of likely N-dealkylation sites (tertiary alicyclic amines) is 1. The molecule has 1 saturated carbocycles. The molecule has 2 fully saturated rings. The number of fused-ring (bicyclic) bond motifs is 2. The summed E-state index contributed by atoms with van der Waals surface area (Å²) in [6, 6.07) is 9.31. The van der Waals surface area contributed by atoms with Gasteiger partial charge in [0.1, 0.15) is 0 Å². The number of aryl methyl sites for hydroxylation is 1. The second kappa shape index (κ2) is 4.06. The largest absolute Gasteiger partial charge is 0.380 e. The maximum Gasteiger partial charge on any atom is 0.210 e. The van der Waals surface area contributed by atoms with Gasteiger partial charge in [0.25, 0.3) is 0 Å². The van der Waals surface area contributed by atoms with E-state index in [9.17, 15) is 4.79 Å². The fourth-order valence-corrected chi connectivity index (χ4v) is 3.21. The number of amides is 1. The van der Waals surface area contributed by atoms with Crippen molar-refractivity contribution in [3.8, 4) is 0 Å². The van der Waals surface area contributed by atoms with Crippen LogP contribution in [0.3, 0.4) is 0 Å². The molecule has 0 aromatic heterocycles. The molecule has 1 amide bonds. The second-order valence-electron chi connectivity index (χ2n) is 5.32. The molecular formula is C14H18N2O. The smallest absolute Gasteiger partial charge is 0.210 e. The van der Waals surface area contributed by atoms with Gasteiger partial charge in [0, 0.05) is 18.3 Å². The molecule has 2 bridgehead atoms. The van der Waals surface area contributed by atoms with Gasteiger partial charge in [0.2, 0.25) is 6.41 Å². The van der Waals surface area contributed by atoms with Crippen LogP contribution in [-0.2, 0) is 4.79 Å². The van der Waals surface area contributed by atoms with Gasteiger partial charge < -0.3 is 10.2 Å². The number of hydrogen-bond acceptors (Lipinski definition) is 2. The van der Waals surface area contributed by atoms with Crippen molar-refractivity contribution >= 4 is 12.1 Å². The molecule has 3 nitrogen and oxygen atoms in total. The van der Waals surface area contributed by atoms with Crippen LogP contribution in [0, 0.1) is 12.8 Å². The molecule has 90 valence electrons. The van der Waals surface area contributed by atoms with Crippen LogP contribution in [0.25, 0.3) is 0 Å². The van der Waals surface area contributed by atoms with Gasteiger partial charge in [-0.2, -0.15) is 0 Å². The number of piperidine rings is 1. The summed E-state index contributed by atoms with van der Waals surface area (Å²) in [6.45, 7) is 3.05. The SMILES string of the molecule is Cc1ccc(N[C@@H]2C[C@H]3C[C@@H]2N(C=O)C3)cc1. The van der Waals surface area contributed by atoms with Crippen molar-refractivity contribution in [2.45, 2.75) is 31.8 Å². The van der Waals surface area contributed by atoms with E-state index in [1.807, 2.05) is 4.90 Å². The van der Waals surface area contributed by atoms with Gasteiger partial charge in [0.15, 0.2) is 0 Å². The quantitative estimate of drug-likeness (QED) is 0.806. The van der Waals surface area contributed by atoms with E-state index in [0.717, 1.165) is 13.0 Å². The van der Waals surface area contributed by atoms with Crippen LogP contribution >= 0.6 is 0 Å². The summed E-state index contributed by atoms with van der Waals surface area (Å²) >= 11 is 0. The molecule has 3 rings (SSSR count). The number of rotatable bonds is 3. The van der Waals surface area contributed by atoms with Crippen LogP contribution in [0.4, 0.5) is 5.69 Å². The lowest BCUT2D eigenvalue weighted by Gasteiger charge is -2.31. The van der Waals surface area contributed by atoms with E-state index in [-0.39, 0.29) is 0 Å². The van der Waals surface area contributed by atoms with Gasteiger partial charge in [0.05, 0.1) is 6.04 Å². The van der Waals surface area contributed by atoms with Crippen LogP contribution in [0.1, 0.15) is 18.4 Å². The molecule has 1 saturated heterocycles. The van der Waals surface area contributed by atoms with Gasteiger partial charge in [-0.15, -0.1) is 0 Å². The predicted octanol–water partition coefficient (Wildman–Crippen LogP) is 2.03. The molecule has 2 aliphatic rings. The molecule has 1 aromatic carbocycles. The third kappa shape index (κ3) is 1.90. The topological polar surface area (TPSA) is 32.3 Å². The number of hydrogen-bond donors (Lipinski definition) is 1. The van der Waals surface area contributed by atoms with E-state index in [2.05, 4.69) is 36.5 Å². The molecule has 0 spiro atoms. The minimum absolute atomic E-state index is 0.402. The van der Waals surface area contributed by atoms with E-state index in [1.54, 1.807) is 0 Å². The lowest BCUT2D eigenvalue weighted by molar-refractivity contribution is -0.119. The number of nitrogens with one attached hydrogen (secondary N) is 1. The maximum atomic E-state index is 10.9. The van der Waals surface area contributed by atoms with Gasteiger partial charge in [-0.1, -0.05) is 17.7 Å². The van der Waals surface area contributed by atoms with Gasteiger partial charge >= 0.3 is 0 Å². The summed E-state index contributed by atoms with van der Waals surface area (Å²) in [5, 5.41) is 3.56. The zero-order chi connectivity index (χ0) is 11.8. The van der Waals surface area contributed by atoms with Crippen LogP contribution in [-0.4, -0.2) is 29.9 Å². The van der Waals surface area contributed by atoms with Crippen LogP contribution in [0.2, 0.25) is 0 Å². The zero-order valence-electron chi connectivity index (χ0n) is 10.1. The van der Waals surface area contributed by atoms with Crippen molar-refractivity contribution in [2.24, 2.45) is 5.92 Å². The highest BCUT2D eigenvalue weighted by atomic mass is 16.1. The predicted molar refractivity (Wildman–Crippen MR) is 67.9 cm³/mol. The summed E-state index contributed by atoms with van der Waals surface area (Å²) in [7, 11) is 0. The highest BCUT2D eigenvalue weighted by Gasteiger charge is 2.44. The Hall–Kier alpha value is -1.51. The van der Waals surface area contributed by atoms with E-state index >= 15 is 0 Å². The zero-order valence-corrected chi connectivity index (χ0v) is 10.1. The number of benzene rings is 1. The molecule has 0 unspecified atom stereocenters. The average Bonchev–Trinajstić information content (AvgIpc) is 2.91. The Morgan fingerprint density at radius 3 is 2.71 bits per heavy atom. The van der Waals surface area contributed by atoms with E-state index < -0.39 is 0 Å². The first-order valence-corrected chi connectivity index (χ1v) is 6.30. The van der Waals surface area contributed by atoms with Gasteiger partial charge in [-0.25, -0.2) is 0 Å². The van der Waals surface area contributed by atoms with E-state index in [4.69, 9.17) is 0 Å². The fraction of sp³-hybridized carbons (Fsp3) is 0.500. The summed E-state index contributed by atoms with van der Waals surface area (Å²) in [5.41, 5.74) is 2.44. The highest BCUT2D eigenvalue weighted by molar-refractivity contribution is 5.51. The highest BCUT2D eigenvalue weighted by Crippen LogP contribution is 2.38. The van der Waals surface area contributed by atoms with Crippen molar-refractivity contribution in [2.75, 3.05) is 11.9 Å². The number of carbonyl (C=O) groups excluding carboxylic acids is 1. The Morgan fingerprint density at radius 2 is 2.06 bits per heavy atom. The average molecular weight is 230 g/mol. The molecule has 1 aromatic rings.